The maximum Gasteiger partial charge on any atom is 0.335 e. The number of ether oxygens (including phenoxy) is 1. The summed E-state index contributed by atoms with van der Waals surface area (Å²) in [6.45, 7) is 0. The van der Waals surface area contributed by atoms with E-state index in [1.54, 1.807) is 31.4 Å². The fourth-order valence-electron chi connectivity index (χ4n) is 1.60. The molecule has 0 heterocycles. The topological polar surface area (TPSA) is 58.6 Å². The van der Waals surface area contributed by atoms with Crippen molar-refractivity contribution >= 4 is 28.9 Å². The first-order valence-corrected chi connectivity index (χ1v) is 5.92. The van der Waals surface area contributed by atoms with Crippen LogP contribution in [0.3, 0.4) is 0 Å². The monoisotopic (exact) mass is 277 g/mol. The highest BCUT2D eigenvalue weighted by Gasteiger charge is 2.04. The van der Waals surface area contributed by atoms with Crippen LogP contribution in [-0.4, -0.2) is 18.2 Å². The number of carboxylic acid groups (broad SMARTS) is 1. The molecule has 0 atom stereocenters. The van der Waals surface area contributed by atoms with Gasteiger partial charge in [0.15, 0.2) is 0 Å². The first-order chi connectivity index (χ1) is 9.10. The van der Waals surface area contributed by atoms with E-state index in [4.69, 9.17) is 21.4 Å². The molecular weight excluding hydrogens is 266 g/mol. The van der Waals surface area contributed by atoms with Crippen molar-refractivity contribution in [1.82, 2.24) is 0 Å². The number of nitrogens with one attached hydrogen (secondary N) is 1. The third-order valence-corrected chi connectivity index (χ3v) is 2.88. The van der Waals surface area contributed by atoms with E-state index in [9.17, 15) is 4.79 Å². The molecule has 4 nitrogen and oxygen atoms in total. The van der Waals surface area contributed by atoms with E-state index in [0.29, 0.717) is 10.8 Å². The largest absolute Gasteiger partial charge is 0.495 e. The molecule has 0 spiro atoms. The van der Waals surface area contributed by atoms with Crippen molar-refractivity contribution in [3.05, 3.63) is 53.1 Å². The molecule has 5 heteroatoms. The second-order valence-electron chi connectivity index (χ2n) is 3.86. The van der Waals surface area contributed by atoms with Gasteiger partial charge < -0.3 is 15.2 Å². The Hall–Kier alpha value is -2.20. The zero-order chi connectivity index (χ0) is 13.8. The maximum atomic E-state index is 10.7. The Balaban J connectivity index is 2.19. The van der Waals surface area contributed by atoms with Crippen LogP contribution in [0.5, 0.6) is 5.75 Å². The zero-order valence-electron chi connectivity index (χ0n) is 10.2. The second kappa shape index (κ2) is 5.63. The van der Waals surface area contributed by atoms with E-state index >= 15 is 0 Å². The third kappa shape index (κ3) is 3.17. The molecule has 0 saturated carbocycles. The van der Waals surface area contributed by atoms with Crippen LogP contribution in [0, 0.1) is 0 Å². The summed E-state index contributed by atoms with van der Waals surface area (Å²) >= 11 is 5.94. The molecule has 0 aliphatic rings. The molecule has 0 fully saturated rings. The number of benzene rings is 2. The number of hydrogen-bond acceptors (Lipinski definition) is 3. The van der Waals surface area contributed by atoms with Gasteiger partial charge in [0, 0.05) is 17.4 Å². The van der Waals surface area contributed by atoms with Gasteiger partial charge in [-0.05, 0) is 36.4 Å². The number of aromatic carboxylic acids is 1. The number of hydrogen-bond donors (Lipinski definition) is 2. The average Bonchev–Trinajstić information content (AvgIpc) is 2.41. The molecule has 2 aromatic carbocycles. The smallest absolute Gasteiger partial charge is 0.335 e. The Bertz CT molecular complexity index is 596. The van der Waals surface area contributed by atoms with E-state index in [2.05, 4.69) is 5.32 Å². The number of carboxylic acids is 1. The van der Waals surface area contributed by atoms with Gasteiger partial charge in [-0.3, -0.25) is 0 Å². The van der Waals surface area contributed by atoms with E-state index in [-0.39, 0.29) is 5.56 Å². The Morgan fingerprint density at radius 1 is 1.16 bits per heavy atom. The van der Waals surface area contributed by atoms with Crippen LogP contribution in [-0.2, 0) is 0 Å². The van der Waals surface area contributed by atoms with Crippen LogP contribution in [0.15, 0.2) is 42.5 Å². The summed E-state index contributed by atoms with van der Waals surface area (Å²) in [7, 11) is 1.55. The molecule has 0 radical (unpaired) electrons. The number of carbonyl (C=O) groups is 1. The summed E-state index contributed by atoms with van der Waals surface area (Å²) in [6, 6.07) is 11.8. The zero-order valence-corrected chi connectivity index (χ0v) is 10.9. The second-order valence-corrected chi connectivity index (χ2v) is 4.26. The molecule has 2 rings (SSSR count). The fourth-order valence-corrected chi connectivity index (χ4v) is 1.80. The van der Waals surface area contributed by atoms with Gasteiger partial charge in [-0.2, -0.15) is 0 Å². The predicted octanol–water partition coefficient (Wildman–Crippen LogP) is 3.79. The minimum atomic E-state index is -0.945. The van der Waals surface area contributed by atoms with Crippen molar-refractivity contribution in [2.45, 2.75) is 0 Å². The molecule has 0 aliphatic heterocycles. The van der Waals surface area contributed by atoms with Gasteiger partial charge in [-0.25, -0.2) is 4.79 Å². The van der Waals surface area contributed by atoms with Gasteiger partial charge >= 0.3 is 5.97 Å². The number of halogens is 1. The van der Waals surface area contributed by atoms with Gasteiger partial charge in [-0.1, -0.05) is 11.6 Å². The molecule has 19 heavy (non-hydrogen) atoms. The van der Waals surface area contributed by atoms with E-state index in [1.807, 2.05) is 6.07 Å². The van der Waals surface area contributed by atoms with Crippen LogP contribution < -0.4 is 10.1 Å². The lowest BCUT2D eigenvalue weighted by Gasteiger charge is -2.09. The lowest BCUT2D eigenvalue weighted by molar-refractivity contribution is 0.0697. The SMILES string of the molecule is COc1cc(Nc2ccc(C(=O)O)cc2)ccc1Cl. The van der Waals surface area contributed by atoms with E-state index < -0.39 is 5.97 Å². The quantitative estimate of drug-likeness (QED) is 0.893. The molecular formula is C14H12ClNO3. The van der Waals surface area contributed by atoms with Crippen molar-refractivity contribution < 1.29 is 14.6 Å². The average molecular weight is 278 g/mol. The normalized spacial score (nSPS) is 10.0. The van der Waals surface area contributed by atoms with Crippen molar-refractivity contribution in [2.75, 3.05) is 12.4 Å². The third-order valence-electron chi connectivity index (χ3n) is 2.57. The minimum Gasteiger partial charge on any atom is -0.495 e. The summed E-state index contributed by atoms with van der Waals surface area (Å²) in [4.78, 5) is 10.7. The molecule has 2 aromatic rings. The Labute approximate surface area is 115 Å². The molecule has 0 aromatic heterocycles. The first kappa shape index (κ1) is 13.2. The highest BCUT2D eigenvalue weighted by Crippen LogP contribution is 2.29. The Morgan fingerprint density at radius 2 is 1.79 bits per heavy atom. The lowest BCUT2D eigenvalue weighted by Crippen LogP contribution is -1.96. The van der Waals surface area contributed by atoms with Crippen LogP contribution in [0.25, 0.3) is 0 Å². The standard InChI is InChI=1S/C14H12ClNO3/c1-19-13-8-11(6-7-12(13)15)16-10-4-2-9(3-5-10)14(17)18/h2-8,16H,1H3,(H,17,18). The first-order valence-electron chi connectivity index (χ1n) is 5.54. The highest BCUT2D eigenvalue weighted by molar-refractivity contribution is 6.32. The summed E-state index contributed by atoms with van der Waals surface area (Å²) in [6.07, 6.45) is 0. The molecule has 0 amide bonds. The van der Waals surface area contributed by atoms with Crippen molar-refractivity contribution in [3.8, 4) is 5.75 Å². The number of anilines is 2. The van der Waals surface area contributed by atoms with Crippen LogP contribution >= 0.6 is 11.6 Å². The van der Waals surface area contributed by atoms with Crippen LogP contribution in [0.1, 0.15) is 10.4 Å². The highest BCUT2D eigenvalue weighted by atomic mass is 35.5. The van der Waals surface area contributed by atoms with Gasteiger partial charge in [0.05, 0.1) is 17.7 Å². The number of methoxy groups -OCH3 is 1. The predicted molar refractivity (Wildman–Crippen MR) is 74.7 cm³/mol. The van der Waals surface area contributed by atoms with Gasteiger partial charge in [-0.15, -0.1) is 0 Å². The Morgan fingerprint density at radius 3 is 2.37 bits per heavy atom. The van der Waals surface area contributed by atoms with Crippen molar-refractivity contribution in [1.29, 1.82) is 0 Å². The molecule has 0 bridgehead atoms. The molecule has 98 valence electrons. The van der Waals surface area contributed by atoms with E-state index in [1.165, 1.54) is 12.1 Å². The van der Waals surface area contributed by atoms with Crippen molar-refractivity contribution in [2.24, 2.45) is 0 Å². The van der Waals surface area contributed by atoms with Gasteiger partial charge in [0.2, 0.25) is 0 Å². The maximum absolute atomic E-state index is 10.7. The van der Waals surface area contributed by atoms with Gasteiger partial charge in [0.25, 0.3) is 0 Å². The van der Waals surface area contributed by atoms with Crippen LogP contribution in [0.4, 0.5) is 11.4 Å². The Kier molecular flexibility index (Phi) is 3.92. The van der Waals surface area contributed by atoms with Crippen molar-refractivity contribution in [3.63, 3.8) is 0 Å². The van der Waals surface area contributed by atoms with Gasteiger partial charge in [0.1, 0.15) is 5.75 Å². The number of rotatable bonds is 4. The van der Waals surface area contributed by atoms with E-state index in [0.717, 1.165) is 11.4 Å². The molecule has 2 N–H and O–H groups in total. The minimum absolute atomic E-state index is 0.249. The molecule has 0 aliphatic carbocycles. The summed E-state index contributed by atoms with van der Waals surface area (Å²) in [5.41, 5.74) is 1.85. The summed E-state index contributed by atoms with van der Waals surface area (Å²) in [5, 5.41) is 12.5. The molecule has 0 saturated heterocycles. The summed E-state index contributed by atoms with van der Waals surface area (Å²) in [5.74, 6) is -0.367. The fraction of sp³-hybridized carbons (Fsp3) is 0.0714. The molecule has 0 unspecified atom stereocenters. The van der Waals surface area contributed by atoms with Crippen LogP contribution in [0.2, 0.25) is 5.02 Å². The lowest BCUT2D eigenvalue weighted by atomic mass is 10.2. The summed E-state index contributed by atoms with van der Waals surface area (Å²) < 4.78 is 5.12.